The van der Waals surface area contributed by atoms with E-state index in [1.807, 2.05) is 41.3 Å². The summed E-state index contributed by atoms with van der Waals surface area (Å²) in [4.78, 5) is 28.4. The first kappa shape index (κ1) is 19.4. The average Bonchev–Trinajstić information content (AvgIpc) is 3.13. The molecule has 0 aromatic heterocycles. The van der Waals surface area contributed by atoms with E-state index in [2.05, 4.69) is 16.4 Å². The summed E-state index contributed by atoms with van der Waals surface area (Å²) in [5.41, 5.74) is 7.31. The number of hydrazine groups is 1. The van der Waals surface area contributed by atoms with Crippen LogP contribution in [-0.4, -0.2) is 54.4 Å². The fourth-order valence-electron chi connectivity index (χ4n) is 3.86. The van der Waals surface area contributed by atoms with Crippen molar-refractivity contribution in [1.82, 2.24) is 9.80 Å². The molecular weight excluding hydrogens is 368 g/mol. The Bertz CT molecular complexity index is 889. The maximum atomic E-state index is 12.6. The van der Waals surface area contributed by atoms with E-state index in [9.17, 15) is 9.59 Å². The summed E-state index contributed by atoms with van der Waals surface area (Å²) >= 11 is 0. The van der Waals surface area contributed by atoms with Crippen LogP contribution in [0.5, 0.6) is 0 Å². The quantitative estimate of drug-likeness (QED) is 0.439. The molecule has 0 atom stereocenters. The van der Waals surface area contributed by atoms with E-state index in [1.54, 1.807) is 0 Å². The largest absolute Gasteiger partial charge is 0.457 e. The highest BCUT2D eigenvalue weighted by Gasteiger charge is 2.23. The number of benzene rings is 2. The first-order valence-corrected chi connectivity index (χ1v) is 9.97. The molecule has 152 valence electrons. The SMILES string of the molecule is NNc1ccc(CC(=O)N2CCN(CCc3ccc4c(c3)COC4=O)CC2)cc1. The van der Waals surface area contributed by atoms with Crippen LogP contribution in [0.25, 0.3) is 0 Å². The molecule has 0 spiro atoms. The Balaban J connectivity index is 1.23. The predicted octanol–water partition coefficient (Wildman–Crippen LogP) is 1.57. The van der Waals surface area contributed by atoms with Gasteiger partial charge in [0.1, 0.15) is 6.61 Å². The monoisotopic (exact) mass is 394 g/mol. The summed E-state index contributed by atoms with van der Waals surface area (Å²) in [6.45, 7) is 4.61. The third-order valence-corrected chi connectivity index (χ3v) is 5.67. The molecule has 1 amide bonds. The first-order valence-electron chi connectivity index (χ1n) is 9.97. The van der Waals surface area contributed by atoms with Crippen molar-refractivity contribution in [3.05, 3.63) is 64.7 Å². The fraction of sp³-hybridized carbons (Fsp3) is 0.364. The second-order valence-corrected chi connectivity index (χ2v) is 7.56. The minimum Gasteiger partial charge on any atom is -0.457 e. The van der Waals surface area contributed by atoms with E-state index >= 15 is 0 Å². The summed E-state index contributed by atoms with van der Waals surface area (Å²) < 4.78 is 5.07. The maximum absolute atomic E-state index is 12.6. The molecule has 0 saturated carbocycles. The first-order chi connectivity index (χ1) is 14.1. The van der Waals surface area contributed by atoms with Crippen molar-refractivity contribution >= 4 is 17.6 Å². The number of piperazine rings is 1. The van der Waals surface area contributed by atoms with Crippen LogP contribution in [0.15, 0.2) is 42.5 Å². The van der Waals surface area contributed by atoms with Crippen LogP contribution < -0.4 is 11.3 Å². The van der Waals surface area contributed by atoms with Crippen LogP contribution in [0.2, 0.25) is 0 Å². The van der Waals surface area contributed by atoms with E-state index in [1.165, 1.54) is 5.56 Å². The fourth-order valence-corrected chi connectivity index (χ4v) is 3.86. The number of anilines is 1. The Morgan fingerprint density at radius 2 is 1.76 bits per heavy atom. The molecule has 1 fully saturated rings. The van der Waals surface area contributed by atoms with E-state index in [0.29, 0.717) is 18.6 Å². The highest BCUT2D eigenvalue weighted by molar-refractivity contribution is 5.93. The molecule has 0 unspecified atom stereocenters. The number of fused-ring (bicyclic) bond motifs is 1. The number of carbonyl (C=O) groups excluding carboxylic acids is 2. The van der Waals surface area contributed by atoms with Gasteiger partial charge in [0, 0.05) is 44.0 Å². The highest BCUT2D eigenvalue weighted by atomic mass is 16.5. The van der Waals surface area contributed by atoms with Crippen molar-refractivity contribution in [3.8, 4) is 0 Å². The molecule has 2 heterocycles. The normalized spacial score (nSPS) is 16.4. The molecule has 29 heavy (non-hydrogen) atoms. The van der Waals surface area contributed by atoms with Crippen molar-refractivity contribution in [3.63, 3.8) is 0 Å². The Morgan fingerprint density at radius 1 is 1.03 bits per heavy atom. The van der Waals surface area contributed by atoms with Gasteiger partial charge < -0.3 is 15.1 Å². The average molecular weight is 394 g/mol. The lowest BCUT2D eigenvalue weighted by atomic mass is 10.0. The molecule has 7 nitrogen and oxygen atoms in total. The van der Waals surface area contributed by atoms with Crippen molar-refractivity contribution in [1.29, 1.82) is 0 Å². The number of nitrogens with one attached hydrogen (secondary N) is 1. The summed E-state index contributed by atoms with van der Waals surface area (Å²) in [5, 5.41) is 0. The van der Waals surface area contributed by atoms with Gasteiger partial charge in [0.2, 0.25) is 5.91 Å². The van der Waals surface area contributed by atoms with Gasteiger partial charge in [-0.05, 0) is 35.7 Å². The molecule has 2 aliphatic rings. The van der Waals surface area contributed by atoms with Gasteiger partial charge in [0.15, 0.2) is 0 Å². The van der Waals surface area contributed by atoms with E-state index in [0.717, 1.165) is 56.0 Å². The lowest BCUT2D eigenvalue weighted by molar-refractivity contribution is -0.132. The molecule has 4 rings (SSSR count). The van der Waals surface area contributed by atoms with E-state index < -0.39 is 0 Å². The molecule has 3 N–H and O–H groups in total. The Hall–Kier alpha value is -2.90. The number of esters is 1. The second-order valence-electron chi connectivity index (χ2n) is 7.56. The van der Waals surface area contributed by atoms with Gasteiger partial charge in [-0.2, -0.15) is 0 Å². The number of nitrogens with zero attached hydrogens (tertiary/aromatic N) is 2. The number of ether oxygens (including phenoxy) is 1. The number of nitrogen functional groups attached to an aromatic ring is 1. The molecule has 2 aliphatic heterocycles. The third kappa shape index (κ3) is 4.58. The van der Waals surface area contributed by atoms with E-state index in [-0.39, 0.29) is 11.9 Å². The summed E-state index contributed by atoms with van der Waals surface area (Å²) in [6.07, 6.45) is 1.34. The lowest BCUT2D eigenvalue weighted by Gasteiger charge is -2.35. The van der Waals surface area contributed by atoms with Gasteiger partial charge in [0.25, 0.3) is 0 Å². The van der Waals surface area contributed by atoms with Gasteiger partial charge in [-0.1, -0.05) is 24.3 Å². The van der Waals surface area contributed by atoms with Crippen LogP contribution >= 0.6 is 0 Å². The van der Waals surface area contributed by atoms with Crippen LogP contribution in [0.3, 0.4) is 0 Å². The third-order valence-electron chi connectivity index (χ3n) is 5.67. The minimum atomic E-state index is -0.223. The number of nitrogens with two attached hydrogens (primary N) is 1. The van der Waals surface area contributed by atoms with Gasteiger partial charge in [-0.3, -0.25) is 15.5 Å². The molecule has 2 aromatic rings. The Kier molecular flexibility index (Phi) is 5.78. The molecule has 0 bridgehead atoms. The Labute approximate surface area is 170 Å². The van der Waals surface area contributed by atoms with E-state index in [4.69, 9.17) is 10.6 Å². The number of hydrogen-bond acceptors (Lipinski definition) is 6. The molecular formula is C22H26N4O3. The van der Waals surface area contributed by atoms with Crippen LogP contribution in [0.4, 0.5) is 5.69 Å². The second kappa shape index (κ2) is 8.63. The standard InChI is InChI=1S/C22H26N4O3/c23-24-19-4-1-16(2-5-19)14-21(27)26-11-9-25(10-12-26)8-7-17-3-6-20-18(13-17)15-29-22(20)28/h1-6,13,24H,7-12,14-15,23H2. The number of amides is 1. The highest BCUT2D eigenvalue weighted by Crippen LogP contribution is 2.21. The van der Waals surface area contributed by atoms with Gasteiger partial charge in [-0.25, -0.2) is 4.79 Å². The van der Waals surface area contributed by atoms with Crippen molar-refractivity contribution < 1.29 is 14.3 Å². The van der Waals surface area contributed by atoms with Crippen LogP contribution in [-0.2, 0) is 29.0 Å². The Morgan fingerprint density at radius 3 is 2.48 bits per heavy atom. The molecule has 2 aromatic carbocycles. The number of cyclic esters (lactones) is 1. The molecule has 7 heteroatoms. The molecule has 1 saturated heterocycles. The van der Waals surface area contributed by atoms with Crippen molar-refractivity contribution in [2.45, 2.75) is 19.4 Å². The van der Waals surface area contributed by atoms with Gasteiger partial charge >= 0.3 is 5.97 Å². The smallest absolute Gasteiger partial charge is 0.338 e. The summed E-state index contributed by atoms with van der Waals surface area (Å²) in [6, 6.07) is 13.6. The van der Waals surface area contributed by atoms with Crippen LogP contribution in [0, 0.1) is 0 Å². The van der Waals surface area contributed by atoms with Crippen molar-refractivity contribution in [2.24, 2.45) is 5.84 Å². The predicted molar refractivity (Wildman–Crippen MR) is 110 cm³/mol. The van der Waals surface area contributed by atoms with Gasteiger partial charge in [0.05, 0.1) is 12.0 Å². The number of hydrogen-bond donors (Lipinski definition) is 2. The number of carbonyl (C=O) groups is 2. The molecule has 0 aliphatic carbocycles. The minimum absolute atomic E-state index is 0.168. The topological polar surface area (TPSA) is 87.9 Å². The zero-order valence-corrected chi connectivity index (χ0v) is 16.4. The summed E-state index contributed by atoms with van der Waals surface area (Å²) in [5.74, 6) is 5.32. The zero-order chi connectivity index (χ0) is 20.2. The lowest BCUT2D eigenvalue weighted by Crippen LogP contribution is -2.49. The maximum Gasteiger partial charge on any atom is 0.338 e. The van der Waals surface area contributed by atoms with Crippen molar-refractivity contribution in [2.75, 3.05) is 38.1 Å². The zero-order valence-electron chi connectivity index (χ0n) is 16.4. The van der Waals surface area contributed by atoms with Gasteiger partial charge in [-0.15, -0.1) is 0 Å². The van der Waals surface area contributed by atoms with Crippen LogP contribution in [0.1, 0.15) is 27.0 Å². The summed E-state index contributed by atoms with van der Waals surface area (Å²) in [7, 11) is 0. The number of rotatable bonds is 6. The molecule has 0 radical (unpaired) electrons.